The standard InChI is InChI=1S/C12H18.C11H20O4.C9H20O2.C2H6/c1-3-8-11(4-2)12-9-6-5-7-10-12;1-5-11(3,10(13)14-4)8-7-9(12)15-6-2;1-5-8(3)7-9(4)11-10-6-2;1-2/h5-7,9-11H,3-4,8H2,1-2H3;5-8H2,1-4H3;8-9H,5-7H2,1-4H3;1-2H3. The van der Waals surface area contributed by atoms with Crippen LogP contribution in [0.25, 0.3) is 0 Å². The Hall–Kier alpha value is -1.92. The van der Waals surface area contributed by atoms with E-state index in [0.717, 1.165) is 18.3 Å². The molecule has 0 heterocycles. The van der Waals surface area contributed by atoms with Gasteiger partial charge in [0.05, 0.1) is 31.8 Å². The first-order chi connectivity index (χ1) is 19.1. The van der Waals surface area contributed by atoms with Crippen LogP contribution in [0.4, 0.5) is 0 Å². The van der Waals surface area contributed by atoms with Gasteiger partial charge in [-0.1, -0.05) is 91.6 Å². The first-order valence-corrected chi connectivity index (χ1v) is 15.7. The molecule has 0 radical (unpaired) electrons. The minimum Gasteiger partial charge on any atom is -0.469 e. The molecular formula is C34H64O6. The van der Waals surface area contributed by atoms with Gasteiger partial charge in [0.2, 0.25) is 0 Å². The molecule has 4 unspecified atom stereocenters. The summed E-state index contributed by atoms with van der Waals surface area (Å²) in [5.41, 5.74) is 0.920. The van der Waals surface area contributed by atoms with Crippen molar-refractivity contribution < 1.29 is 28.8 Å². The van der Waals surface area contributed by atoms with Gasteiger partial charge in [-0.15, -0.1) is 0 Å². The molecule has 1 rings (SSSR count). The molecule has 236 valence electrons. The molecule has 0 aromatic heterocycles. The predicted octanol–water partition coefficient (Wildman–Crippen LogP) is 9.70. The number of carbonyl (C=O) groups excluding carboxylic acids is 2. The molecule has 0 aliphatic rings. The Morgan fingerprint density at radius 2 is 1.50 bits per heavy atom. The fourth-order valence-corrected chi connectivity index (χ4v) is 3.92. The number of hydrogen-bond acceptors (Lipinski definition) is 6. The Morgan fingerprint density at radius 1 is 0.900 bits per heavy atom. The fourth-order valence-electron chi connectivity index (χ4n) is 3.92. The molecule has 0 aliphatic heterocycles. The van der Waals surface area contributed by atoms with Crippen LogP contribution in [0.2, 0.25) is 0 Å². The monoisotopic (exact) mass is 568 g/mol. The summed E-state index contributed by atoms with van der Waals surface area (Å²) in [4.78, 5) is 32.5. The average Bonchev–Trinajstić information content (AvgIpc) is 2.99. The van der Waals surface area contributed by atoms with Gasteiger partial charge in [-0.2, -0.15) is 0 Å². The van der Waals surface area contributed by atoms with E-state index < -0.39 is 5.41 Å². The van der Waals surface area contributed by atoms with Gasteiger partial charge >= 0.3 is 11.9 Å². The lowest BCUT2D eigenvalue weighted by atomic mass is 9.83. The topological polar surface area (TPSA) is 71.1 Å². The van der Waals surface area contributed by atoms with E-state index in [1.807, 2.05) is 34.6 Å². The number of hydrogen-bond donors (Lipinski definition) is 0. The van der Waals surface area contributed by atoms with Gasteiger partial charge in [-0.25, -0.2) is 9.78 Å². The number of rotatable bonds is 16. The molecule has 0 spiro atoms. The van der Waals surface area contributed by atoms with Crippen molar-refractivity contribution in [3.8, 4) is 0 Å². The van der Waals surface area contributed by atoms with Gasteiger partial charge in [0.15, 0.2) is 0 Å². The van der Waals surface area contributed by atoms with E-state index in [9.17, 15) is 9.59 Å². The highest BCUT2D eigenvalue weighted by atomic mass is 17.2. The van der Waals surface area contributed by atoms with Crippen molar-refractivity contribution in [1.29, 1.82) is 0 Å². The maximum Gasteiger partial charge on any atom is 0.311 e. The summed E-state index contributed by atoms with van der Waals surface area (Å²) in [5, 5.41) is 0. The van der Waals surface area contributed by atoms with Crippen LogP contribution in [0.3, 0.4) is 0 Å². The SMILES string of the molecule is CC.CCCC(CC)c1ccccc1.CCOC(=O)CCC(C)(CC)C(=O)OC.CCOOC(C)CC(C)CC. The second kappa shape index (κ2) is 28.6. The third-order valence-corrected chi connectivity index (χ3v) is 6.83. The minimum atomic E-state index is -0.582. The molecule has 0 bridgehead atoms. The van der Waals surface area contributed by atoms with Crippen LogP contribution >= 0.6 is 0 Å². The lowest BCUT2D eigenvalue weighted by molar-refractivity contribution is -0.320. The summed E-state index contributed by atoms with van der Waals surface area (Å²) in [6.45, 7) is 23.4. The second-order valence-corrected chi connectivity index (χ2v) is 10.1. The van der Waals surface area contributed by atoms with Crippen molar-refractivity contribution in [1.82, 2.24) is 0 Å². The van der Waals surface area contributed by atoms with Gasteiger partial charge in [0.1, 0.15) is 0 Å². The first-order valence-electron chi connectivity index (χ1n) is 15.7. The van der Waals surface area contributed by atoms with E-state index in [0.29, 0.717) is 26.1 Å². The van der Waals surface area contributed by atoms with E-state index in [-0.39, 0.29) is 24.5 Å². The van der Waals surface area contributed by atoms with Crippen LogP contribution in [-0.2, 0) is 28.8 Å². The molecule has 1 aromatic carbocycles. The minimum absolute atomic E-state index is 0.227. The lowest BCUT2D eigenvalue weighted by Gasteiger charge is -2.24. The zero-order valence-corrected chi connectivity index (χ0v) is 28.1. The van der Waals surface area contributed by atoms with Crippen LogP contribution in [0.1, 0.15) is 139 Å². The number of ether oxygens (including phenoxy) is 2. The smallest absolute Gasteiger partial charge is 0.311 e. The van der Waals surface area contributed by atoms with Crippen LogP contribution in [0, 0.1) is 11.3 Å². The Kier molecular flexibility index (Phi) is 30.4. The van der Waals surface area contributed by atoms with Crippen molar-refractivity contribution in [3.63, 3.8) is 0 Å². The number of carbonyl (C=O) groups is 2. The molecule has 0 saturated heterocycles. The molecule has 6 heteroatoms. The highest BCUT2D eigenvalue weighted by molar-refractivity contribution is 5.77. The first kappa shape index (κ1) is 42.5. The van der Waals surface area contributed by atoms with Crippen molar-refractivity contribution in [3.05, 3.63) is 35.9 Å². The molecule has 0 saturated carbocycles. The fraction of sp³-hybridized carbons (Fsp3) is 0.765. The zero-order valence-electron chi connectivity index (χ0n) is 28.1. The molecule has 0 amide bonds. The average molecular weight is 569 g/mol. The van der Waals surface area contributed by atoms with Crippen LogP contribution in [-0.4, -0.2) is 38.4 Å². The highest BCUT2D eigenvalue weighted by Gasteiger charge is 2.32. The zero-order chi connectivity index (χ0) is 31.4. The van der Waals surface area contributed by atoms with Gasteiger partial charge < -0.3 is 9.47 Å². The van der Waals surface area contributed by atoms with Gasteiger partial charge in [-0.05, 0) is 77.2 Å². The summed E-state index contributed by atoms with van der Waals surface area (Å²) in [6.07, 6.45) is 7.76. The maximum atomic E-state index is 11.5. The summed E-state index contributed by atoms with van der Waals surface area (Å²) >= 11 is 0. The maximum absolute atomic E-state index is 11.5. The summed E-state index contributed by atoms with van der Waals surface area (Å²) in [6, 6.07) is 10.8. The third kappa shape index (κ3) is 21.8. The Morgan fingerprint density at radius 3 is 1.93 bits per heavy atom. The second-order valence-electron chi connectivity index (χ2n) is 10.1. The predicted molar refractivity (Wildman–Crippen MR) is 168 cm³/mol. The van der Waals surface area contributed by atoms with E-state index in [2.05, 4.69) is 58.0 Å². The van der Waals surface area contributed by atoms with Crippen molar-refractivity contribution in [2.24, 2.45) is 11.3 Å². The van der Waals surface area contributed by atoms with E-state index in [1.165, 1.54) is 38.4 Å². The van der Waals surface area contributed by atoms with Crippen LogP contribution in [0.15, 0.2) is 30.3 Å². The van der Waals surface area contributed by atoms with Crippen molar-refractivity contribution >= 4 is 11.9 Å². The van der Waals surface area contributed by atoms with Gasteiger partial charge in [0.25, 0.3) is 0 Å². The number of methoxy groups -OCH3 is 1. The molecule has 0 fully saturated rings. The summed E-state index contributed by atoms with van der Waals surface area (Å²) in [5.74, 6) is 0.969. The van der Waals surface area contributed by atoms with Crippen molar-refractivity contribution in [2.75, 3.05) is 20.3 Å². The van der Waals surface area contributed by atoms with Gasteiger partial charge in [-0.3, -0.25) is 9.59 Å². The van der Waals surface area contributed by atoms with Crippen LogP contribution in [0.5, 0.6) is 0 Å². The third-order valence-electron chi connectivity index (χ3n) is 6.83. The summed E-state index contributed by atoms with van der Waals surface area (Å²) < 4.78 is 9.51. The molecular weight excluding hydrogens is 504 g/mol. The van der Waals surface area contributed by atoms with Crippen LogP contribution < -0.4 is 0 Å². The van der Waals surface area contributed by atoms with E-state index >= 15 is 0 Å². The van der Waals surface area contributed by atoms with Gasteiger partial charge in [0, 0.05) is 6.42 Å². The normalized spacial score (nSPS) is 13.8. The summed E-state index contributed by atoms with van der Waals surface area (Å²) in [7, 11) is 1.36. The van der Waals surface area contributed by atoms with Crippen molar-refractivity contribution in [2.45, 2.75) is 140 Å². The largest absolute Gasteiger partial charge is 0.469 e. The Balaban J connectivity index is -0.000000503. The molecule has 6 nitrogen and oxygen atoms in total. The highest BCUT2D eigenvalue weighted by Crippen LogP contribution is 2.29. The Bertz CT molecular complexity index is 693. The number of esters is 2. The Labute approximate surface area is 247 Å². The number of benzene rings is 1. The van der Waals surface area contributed by atoms with E-state index in [1.54, 1.807) is 13.8 Å². The molecule has 0 N–H and O–H groups in total. The lowest BCUT2D eigenvalue weighted by Crippen LogP contribution is -2.29. The molecule has 4 atom stereocenters. The quantitative estimate of drug-likeness (QED) is 0.112. The van der Waals surface area contributed by atoms with E-state index in [4.69, 9.17) is 19.2 Å². The molecule has 0 aliphatic carbocycles. The molecule has 1 aromatic rings. The molecule has 40 heavy (non-hydrogen) atoms.